The molecule has 146 valence electrons. The second-order valence-corrected chi connectivity index (χ2v) is 6.76. The summed E-state index contributed by atoms with van der Waals surface area (Å²) >= 11 is 0. The number of amides is 1. The molecule has 2 N–H and O–H groups in total. The van der Waals surface area contributed by atoms with Gasteiger partial charge in [-0.2, -0.15) is 5.10 Å². The minimum atomic E-state index is -0.567. The summed E-state index contributed by atoms with van der Waals surface area (Å²) in [6, 6.07) is 12.2. The van der Waals surface area contributed by atoms with E-state index in [0.29, 0.717) is 18.1 Å². The zero-order valence-electron chi connectivity index (χ0n) is 16.0. The number of anilines is 2. The number of carbonyl (C=O) groups is 1. The van der Waals surface area contributed by atoms with Crippen LogP contribution >= 0.6 is 0 Å². The Kier molecular flexibility index (Phi) is 4.67. The standard InChI is InChI=1S/C21H19FN6O/c1-13-10-15-6-5-14(11-17(15)26-19(13)23)12-28-18(7-9-25-28)21(29)27(2)20-16(22)4-3-8-24-20/h3-11H,12H2,1-2H3,(H2,23,26). The van der Waals surface area contributed by atoms with E-state index in [1.807, 2.05) is 31.2 Å². The Labute approximate surface area is 166 Å². The van der Waals surface area contributed by atoms with Gasteiger partial charge in [0.25, 0.3) is 5.91 Å². The summed E-state index contributed by atoms with van der Waals surface area (Å²) in [4.78, 5) is 22.4. The lowest BCUT2D eigenvalue weighted by Gasteiger charge is -2.17. The number of aromatic nitrogens is 4. The number of aryl methyl sites for hydroxylation is 1. The number of rotatable bonds is 4. The maximum absolute atomic E-state index is 14.0. The lowest BCUT2D eigenvalue weighted by Crippen LogP contribution is -2.30. The molecule has 0 spiro atoms. The van der Waals surface area contributed by atoms with E-state index in [0.717, 1.165) is 22.0 Å². The third kappa shape index (κ3) is 3.52. The van der Waals surface area contributed by atoms with Crippen LogP contribution < -0.4 is 10.6 Å². The van der Waals surface area contributed by atoms with Crippen molar-refractivity contribution >= 4 is 28.4 Å². The van der Waals surface area contributed by atoms with Crippen LogP contribution in [0.15, 0.2) is 54.9 Å². The molecule has 0 atom stereocenters. The number of pyridine rings is 2. The molecule has 3 heterocycles. The van der Waals surface area contributed by atoms with E-state index < -0.39 is 11.7 Å². The van der Waals surface area contributed by atoms with Crippen LogP contribution in [-0.4, -0.2) is 32.7 Å². The molecule has 0 saturated carbocycles. The number of hydrogen-bond acceptors (Lipinski definition) is 5. The molecule has 4 rings (SSSR count). The number of carbonyl (C=O) groups excluding carboxylic acids is 1. The van der Waals surface area contributed by atoms with Gasteiger partial charge in [-0.15, -0.1) is 0 Å². The topological polar surface area (TPSA) is 89.9 Å². The van der Waals surface area contributed by atoms with Crippen LogP contribution in [0, 0.1) is 12.7 Å². The van der Waals surface area contributed by atoms with Gasteiger partial charge in [-0.3, -0.25) is 14.4 Å². The molecule has 29 heavy (non-hydrogen) atoms. The fraction of sp³-hybridized carbons (Fsp3) is 0.143. The summed E-state index contributed by atoms with van der Waals surface area (Å²) in [6.07, 6.45) is 2.98. The summed E-state index contributed by atoms with van der Waals surface area (Å²) in [5.74, 6) is -0.517. The zero-order valence-corrected chi connectivity index (χ0v) is 16.0. The second kappa shape index (κ2) is 7.31. The Bertz CT molecular complexity index is 1220. The molecule has 0 unspecified atom stereocenters. The molecule has 0 aliphatic rings. The Morgan fingerprint density at radius 3 is 2.83 bits per heavy atom. The Balaban J connectivity index is 1.63. The number of fused-ring (bicyclic) bond motifs is 1. The van der Waals surface area contributed by atoms with E-state index in [9.17, 15) is 9.18 Å². The quantitative estimate of drug-likeness (QED) is 0.578. The summed E-state index contributed by atoms with van der Waals surface area (Å²) in [5.41, 5.74) is 8.87. The maximum atomic E-state index is 14.0. The zero-order chi connectivity index (χ0) is 20.5. The van der Waals surface area contributed by atoms with Crippen molar-refractivity contribution in [1.82, 2.24) is 19.7 Å². The summed E-state index contributed by atoms with van der Waals surface area (Å²) < 4.78 is 15.6. The van der Waals surface area contributed by atoms with Gasteiger partial charge in [0, 0.05) is 24.8 Å². The van der Waals surface area contributed by atoms with Crippen LogP contribution in [0.4, 0.5) is 16.0 Å². The number of hydrogen-bond donors (Lipinski definition) is 1. The van der Waals surface area contributed by atoms with Crippen molar-refractivity contribution in [3.05, 3.63) is 77.5 Å². The molecule has 0 aliphatic heterocycles. The first-order valence-electron chi connectivity index (χ1n) is 9.00. The highest BCUT2D eigenvalue weighted by Crippen LogP contribution is 2.21. The molecular weight excluding hydrogens is 371 g/mol. The van der Waals surface area contributed by atoms with Crippen molar-refractivity contribution in [2.45, 2.75) is 13.5 Å². The molecule has 7 nitrogen and oxygen atoms in total. The molecule has 0 fully saturated rings. The fourth-order valence-electron chi connectivity index (χ4n) is 3.14. The van der Waals surface area contributed by atoms with Gasteiger partial charge in [0.1, 0.15) is 11.5 Å². The minimum Gasteiger partial charge on any atom is -0.383 e. The minimum absolute atomic E-state index is 0.0361. The molecule has 0 saturated heterocycles. The first-order valence-corrected chi connectivity index (χ1v) is 9.00. The highest BCUT2D eigenvalue weighted by Gasteiger charge is 2.21. The lowest BCUT2D eigenvalue weighted by atomic mass is 10.1. The second-order valence-electron chi connectivity index (χ2n) is 6.76. The van der Waals surface area contributed by atoms with Crippen molar-refractivity contribution < 1.29 is 9.18 Å². The average molecular weight is 390 g/mol. The van der Waals surface area contributed by atoms with Gasteiger partial charge in [-0.05, 0) is 48.4 Å². The third-order valence-corrected chi connectivity index (χ3v) is 4.74. The van der Waals surface area contributed by atoms with Crippen LogP contribution in [0.2, 0.25) is 0 Å². The smallest absolute Gasteiger partial charge is 0.277 e. The molecule has 1 aromatic carbocycles. The van der Waals surface area contributed by atoms with Gasteiger partial charge in [0.15, 0.2) is 11.6 Å². The monoisotopic (exact) mass is 390 g/mol. The SMILES string of the molecule is Cc1cc2ccc(Cn3nccc3C(=O)N(C)c3ncccc3F)cc2nc1N. The highest BCUT2D eigenvalue weighted by atomic mass is 19.1. The molecule has 4 aromatic rings. The van der Waals surface area contributed by atoms with Crippen molar-refractivity contribution in [3.8, 4) is 0 Å². The number of nitrogens with zero attached hydrogens (tertiary/aromatic N) is 5. The summed E-state index contributed by atoms with van der Waals surface area (Å²) in [6.45, 7) is 2.27. The van der Waals surface area contributed by atoms with Gasteiger partial charge in [-0.1, -0.05) is 12.1 Å². The number of benzene rings is 1. The number of halogens is 1. The number of nitrogen functional groups attached to an aromatic ring is 1. The van der Waals surface area contributed by atoms with E-state index in [-0.39, 0.29) is 5.82 Å². The number of nitrogens with two attached hydrogens (primary N) is 1. The van der Waals surface area contributed by atoms with Gasteiger partial charge in [-0.25, -0.2) is 14.4 Å². The van der Waals surface area contributed by atoms with Crippen molar-refractivity contribution in [1.29, 1.82) is 0 Å². The Morgan fingerprint density at radius 1 is 1.21 bits per heavy atom. The predicted octanol–water partition coefficient (Wildman–Crippen LogP) is 3.18. The van der Waals surface area contributed by atoms with Crippen LogP contribution in [0.1, 0.15) is 21.6 Å². The van der Waals surface area contributed by atoms with Crippen molar-refractivity contribution in [2.24, 2.45) is 0 Å². The third-order valence-electron chi connectivity index (χ3n) is 4.74. The largest absolute Gasteiger partial charge is 0.383 e. The predicted molar refractivity (Wildman–Crippen MR) is 109 cm³/mol. The van der Waals surface area contributed by atoms with Gasteiger partial charge < -0.3 is 5.73 Å². The van der Waals surface area contributed by atoms with Gasteiger partial charge in [0.2, 0.25) is 0 Å². The van der Waals surface area contributed by atoms with Crippen LogP contribution in [0.3, 0.4) is 0 Å². The fourth-order valence-corrected chi connectivity index (χ4v) is 3.14. The Morgan fingerprint density at radius 2 is 2.03 bits per heavy atom. The molecular formula is C21H19FN6O. The molecule has 0 bridgehead atoms. The first-order chi connectivity index (χ1) is 13.9. The molecule has 8 heteroatoms. The van der Waals surface area contributed by atoms with E-state index in [1.165, 1.54) is 36.5 Å². The average Bonchev–Trinajstić information content (AvgIpc) is 3.16. The van der Waals surface area contributed by atoms with Gasteiger partial charge >= 0.3 is 0 Å². The maximum Gasteiger partial charge on any atom is 0.277 e. The normalized spacial score (nSPS) is 11.0. The van der Waals surface area contributed by atoms with Crippen LogP contribution in [0.5, 0.6) is 0 Å². The highest BCUT2D eigenvalue weighted by molar-refractivity contribution is 6.04. The van der Waals surface area contributed by atoms with E-state index in [4.69, 9.17) is 5.73 Å². The first kappa shape index (κ1) is 18.5. The van der Waals surface area contributed by atoms with Gasteiger partial charge in [0.05, 0.1) is 12.1 Å². The van der Waals surface area contributed by atoms with E-state index in [1.54, 1.807) is 10.7 Å². The summed E-state index contributed by atoms with van der Waals surface area (Å²) in [5, 5.41) is 5.24. The van der Waals surface area contributed by atoms with Crippen LogP contribution in [-0.2, 0) is 6.54 Å². The molecule has 1 amide bonds. The van der Waals surface area contributed by atoms with E-state index >= 15 is 0 Å². The lowest BCUT2D eigenvalue weighted by molar-refractivity contribution is 0.0981. The van der Waals surface area contributed by atoms with Crippen molar-refractivity contribution in [2.75, 3.05) is 17.7 Å². The Hall–Kier alpha value is -3.81. The molecule has 0 radical (unpaired) electrons. The van der Waals surface area contributed by atoms with E-state index in [2.05, 4.69) is 15.1 Å². The van der Waals surface area contributed by atoms with Crippen molar-refractivity contribution in [3.63, 3.8) is 0 Å². The summed E-state index contributed by atoms with van der Waals surface area (Å²) in [7, 11) is 1.48. The molecule has 3 aromatic heterocycles. The molecule has 0 aliphatic carbocycles. The van der Waals surface area contributed by atoms with Crippen LogP contribution in [0.25, 0.3) is 10.9 Å².